The SMILES string of the molecule is CCc1ccc(OCCNCC(C)C)cc1. The molecule has 1 aromatic rings. The minimum absolute atomic E-state index is 0.698. The van der Waals surface area contributed by atoms with Crippen molar-refractivity contribution in [2.45, 2.75) is 27.2 Å². The smallest absolute Gasteiger partial charge is 0.119 e. The summed E-state index contributed by atoms with van der Waals surface area (Å²) in [5.74, 6) is 1.66. The number of hydrogen-bond donors (Lipinski definition) is 1. The molecule has 0 spiro atoms. The Morgan fingerprint density at radius 3 is 2.44 bits per heavy atom. The highest BCUT2D eigenvalue weighted by molar-refractivity contribution is 5.27. The van der Waals surface area contributed by atoms with Gasteiger partial charge in [0.1, 0.15) is 12.4 Å². The number of ether oxygens (including phenoxy) is 1. The van der Waals surface area contributed by atoms with E-state index in [2.05, 4.69) is 38.2 Å². The summed E-state index contributed by atoms with van der Waals surface area (Å²) >= 11 is 0. The molecule has 16 heavy (non-hydrogen) atoms. The molecule has 0 saturated heterocycles. The van der Waals surface area contributed by atoms with Crippen LogP contribution in [0.5, 0.6) is 5.75 Å². The third kappa shape index (κ3) is 5.17. The van der Waals surface area contributed by atoms with E-state index in [-0.39, 0.29) is 0 Å². The van der Waals surface area contributed by atoms with Crippen LogP contribution in [-0.4, -0.2) is 19.7 Å². The van der Waals surface area contributed by atoms with Gasteiger partial charge in [0.25, 0.3) is 0 Å². The number of rotatable bonds is 7. The molecule has 90 valence electrons. The predicted molar refractivity (Wildman–Crippen MR) is 69.0 cm³/mol. The fourth-order valence-corrected chi connectivity index (χ4v) is 1.45. The van der Waals surface area contributed by atoms with Gasteiger partial charge in [-0.15, -0.1) is 0 Å². The van der Waals surface area contributed by atoms with E-state index in [0.717, 1.165) is 31.9 Å². The van der Waals surface area contributed by atoms with Crippen molar-refractivity contribution >= 4 is 0 Å². The molecule has 1 rings (SSSR count). The fraction of sp³-hybridized carbons (Fsp3) is 0.571. The number of aryl methyl sites for hydroxylation is 1. The molecule has 0 unspecified atom stereocenters. The van der Waals surface area contributed by atoms with E-state index in [1.54, 1.807) is 0 Å². The zero-order chi connectivity index (χ0) is 11.8. The maximum atomic E-state index is 5.62. The lowest BCUT2D eigenvalue weighted by Gasteiger charge is -2.09. The van der Waals surface area contributed by atoms with Crippen LogP contribution in [0.1, 0.15) is 26.3 Å². The van der Waals surface area contributed by atoms with Crippen LogP contribution in [0, 0.1) is 5.92 Å². The molecule has 0 aliphatic carbocycles. The highest BCUT2D eigenvalue weighted by Gasteiger charge is 1.95. The van der Waals surface area contributed by atoms with Crippen molar-refractivity contribution in [1.29, 1.82) is 0 Å². The molecular weight excluding hydrogens is 198 g/mol. The van der Waals surface area contributed by atoms with Crippen molar-refractivity contribution in [3.8, 4) is 5.75 Å². The van der Waals surface area contributed by atoms with Gasteiger partial charge >= 0.3 is 0 Å². The Hall–Kier alpha value is -1.02. The van der Waals surface area contributed by atoms with Gasteiger partial charge in [0.05, 0.1) is 0 Å². The third-order valence-corrected chi connectivity index (χ3v) is 2.43. The minimum atomic E-state index is 0.698. The summed E-state index contributed by atoms with van der Waals surface area (Å²) in [6.45, 7) is 9.27. The van der Waals surface area contributed by atoms with Crippen molar-refractivity contribution in [2.75, 3.05) is 19.7 Å². The van der Waals surface area contributed by atoms with Crippen LogP contribution in [0.25, 0.3) is 0 Å². The lowest BCUT2D eigenvalue weighted by molar-refractivity contribution is 0.311. The summed E-state index contributed by atoms with van der Waals surface area (Å²) < 4.78 is 5.62. The molecule has 2 heteroatoms. The third-order valence-electron chi connectivity index (χ3n) is 2.43. The molecule has 0 aliphatic heterocycles. The average molecular weight is 221 g/mol. The monoisotopic (exact) mass is 221 g/mol. The summed E-state index contributed by atoms with van der Waals surface area (Å²) in [6, 6.07) is 8.33. The normalized spacial score (nSPS) is 10.8. The molecule has 0 fully saturated rings. The molecule has 0 saturated carbocycles. The molecule has 0 atom stereocenters. The van der Waals surface area contributed by atoms with Crippen LogP contribution >= 0.6 is 0 Å². The number of nitrogens with one attached hydrogen (secondary N) is 1. The lowest BCUT2D eigenvalue weighted by atomic mass is 10.2. The topological polar surface area (TPSA) is 21.3 Å². The first-order valence-electron chi connectivity index (χ1n) is 6.14. The van der Waals surface area contributed by atoms with Crippen LogP contribution < -0.4 is 10.1 Å². The Labute approximate surface area is 99.0 Å². The van der Waals surface area contributed by atoms with E-state index in [1.165, 1.54) is 5.56 Å². The van der Waals surface area contributed by atoms with Gasteiger partial charge in [-0.3, -0.25) is 0 Å². The number of hydrogen-bond acceptors (Lipinski definition) is 2. The molecule has 2 nitrogen and oxygen atoms in total. The van der Waals surface area contributed by atoms with Crippen LogP contribution in [0.3, 0.4) is 0 Å². The van der Waals surface area contributed by atoms with Gasteiger partial charge in [0, 0.05) is 6.54 Å². The lowest BCUT2D eigenvalue weighted by Crippen LogP contribution is -2.24. The summed E-state index contributed by atoms with van der Waals surface area (Å²) in [5, 5.41) is 3.35. The Kier molecular flexibility index (Phi) is 5.94. The van der Waals surface area contributed by atoms with E-state index < -0.39 is 0 Å². The maximum Gasteiger partial charge on any atom is 0.119 e. The van der Waals surface area contributed by atoms with E-state index in [9.17, 15) is 0 Å². The van der Waals surface area contributed by atoms with E-state index in [4.69, 9.17) is 4.74 Å². The Morgan fingerprint density at radius 1 is 1.19 bits per heavy atom. The Bertz CT molecular complexity index is 279. The molecule has 0 aromatic heterocycles. The first kappa shape index (κ1) is 13.0. The molecule has 0 heterocycles. The van der Waals surface area contributed by atoms with Crippen molar-refractivity contribution in [3.63, 3.8) is 0 Å². The first-order chi connectivity index (χ1) is 7.72. The van der Waals surface area contributed by atoms with Gasteiger partial charge in [-0.25, -0.2) is 0 Å². The predicted octanol–water partition coefficient (Wildman–Crippen LogP) is 2.87. The van der Waals surface area contributed by atoms with E-state index in [0.29, 0.717) is 5.92 Å². The van der Waals surface area contributed by atoms with Gasteiger partial charge in [0.15, 0.2) is 0 Å². The summed E-state index contributed by atoms with van der Waals surface area (Å²) in [5.41, 5.74) is 1.35. The Balaban J connectivity index is 2.16. The average Bonchev–Trinajstić information content (AvgIpc) is 2.29. The van der Waals surface area contributed by atoms with Crippen LogP contribution in [0.4, 0.5) is 0 Å². The standard InChI is InChI=1S/C14H23NO/c1-4-13-5-7-14(8-6-13)16-10-9-15-11-12(2)3/h5-8,12,15H,4,9-11H2,1-3H3. The van der Waals surface area contributed by atoms with Crippen molar-refractivity contribution in [2.24, 2.45) is 5.92 Å². The second-order valence-electron chi connectivity index (χ2n) is 4.44. The molecule has 0 bridgehead atoms. The molecule has 1 aromatic carbocycles. The second kappa shape index (κ2) is 7.29. The van der Waals surface area contributed by atoms with Crippen molar-refractivity contribution in [1.82, 2.24) is 5.32 Å². The highest BCUT2D eigenvalue weighted by Crippen LogP contribution is 2.11. The van der Waals surface area contributed by atoms with Crippen LogP contribution in [-0.2, 0) is 6.42 Å². The zero-order valence-corrected chi connectivity index (χ0v) is 10.6. The molecule has 0 radical (unpaired) electrons. The highest BCUT2D eigenvalue weighted by atomic mass is 16.5. The van der Waals surface area contributed by atoms with Gasteiger partial charge in [-0.05, 0) is 36.6 Å². The molecule has 0 aliphatic rings. The quantitative estimate of drug-likeness (QED) is 0.715. The van der Waals surface area contributed by atoms with Crippen LogP contribution in [0.2, 0.25) is 0 Å². The Morgan fingerprint density at radius 2 is 1.88 bits per heavy atom. The first-order valence-corrected chi connectivity index (χ1v) is 6.14. The van der Waals surface area contributed by atoms with Gasteiger partial charge in [0.2, 0.25) is 0 Å². The fourth-order valence-electron chi connectivity index (χ4n) is 1.45. The number of benzene rings is 1. The second-order valence-corrected chi connectivity index (χ2v) is 4.44. The van der Waals surface area contributed by atoms with Crippen molar-refractivity contribution < 1.29 is 4.74 Å². The van der Waals surface area contributed by atoms with Crippen LogP contribution in [0.15, 0.2) is 24.3 Å². The van der Waals surface area contributed by atoms with E-state index >= 15 is 0 Å². The van der Waals surface area contributed by atoms with Gasteiger partial charge < -0.3 is 10.1 Å². The zero-order valence-electron chi connectivity index (χ0n) is 10.6. The van der Waals surface area contributed by atoms with Gasteiger partial charge in [-0.2, -0.15) is 0 Å². The minimum Gasteiger partial charge on any atom is -0.492 e. The summed E-state index contributed by atoms with van der Waals surface area (Å²) in [4.78, 5) is 0. The van der Waals surface area contributed by atoms with Crippen molar-refractivity contribution in [3.05, 3.63) is 29.8 Å². The largest absolute Gasteiger partial charge is 0.492 e. The van der Waals surface area contributed by atoms with Gasteiger partial charge in [-0.1, -0.05) is 32.9 Å². The molecular formula is C14H23NO. The molecule has 1 N–H and O–H groups in total. The van der Waals surface area contributed by atoms with E-state index in [1.807, 2.05) is 12.1 Å². The summed E-state index contributed by atoms with van der Waals surface area (Å²) in [6.07, 6.45) is 1.08. The molecule has 0 amide bonds. The summed E-state index contributed by atoms with van der Waals surface area (Å²) in [7, 11) is 0. The maximum absolute atomic E-state index is 5.62.